The molecule has 5 heteroatoms. The number of carboxylic acid groups (broad SMARTS) is 1. The molecule has 1 aliphatic heterocycles. The summed E-state index contributed by atoms with van der Waals surface area (Å²) in [6, 6.07) is 0. The zero-order valence-electron chi connectivity index (χ0n) is 11.1. The maximum absolute atomic E-state index is 11.1. The van der Waals surface area contributed by atoms with Gasteiger partial charge in [0.2, 0.25) is 0 Å². The molecule has 1 saturated heterocycles. The number of rotatable bonds is 3. The quantitative estimate of drug-likeness (QED) is 0.915. The molecule has 2 unspecified atom stereocenters. The fourth-order valence-electron chi connectivity index (χ4n) is 2.87. The maximum atomic E-state index is 11.1. The number of likely N-dealkylation sites (tertiary alicyclic amines) is 1. The average Bonchev–Trinajstić information content (AvgIpc) is 2.57. The van der Waals surface area contributed by atoms with E-state index in [-0.39, 0.29) is 5.69 Å². The molecule has 0 radical (unpaired) electrons. The van der Waals surface area contributed by atoms with Crippen LogP contribution in [0.1, 0.15) is 40.6 Å². The van der Waals surface area contributed by atoms with Crippen LogP contribution in [0.5, 0.6) is 0 Å². The first kappa shape index (κ1) is 13.5. The number of hydrogen-bond acceptors (Lipinski definition) is 4. The van der Waals surface area contributed by atoms with Crippen LogP contribution >= 0.6 is 11.3 Å². The van der Waals surface area contributed by atoms with E-state index in [9.17, 15) is 4.79 Å². The van der Waals surface area contributed by atoms with E-state index < -0.39 is 5.97 Å². The van der Waals surface area contributed by atoms with Crippen LogP contribution < -0.4 is 0 Å². The fraction of sp³-hybridized carbons (Fsp3) is 0.692. The number of aromatic nitrogens is 1. The average molecular weight is 268 g/mol. The Bertz CT molecular complexity index is 434. The minimum atomic E-state index is -0.910. The largest absolute Gasteiger partial charge is 0.476 e. The molecule has 1 aromatic heterocycles. The van der Waals surface area contributed by atoms with Crippen molar-refractivity contribution in [2.75, 3.05) is 13.1 Å². The van der Waals surface area contributed by atoms with Crippen molar-refractivity contribution < 1.29 is 9.90 Å². The molecule has 100 valence electrons. The van der Waals surface area contributed by atoms with Crippen LogP contribution in [0.15, 0.2) is 0 Å². The van der Waals surface area contributed by atoms with Gasteiger partial charge in [-0.2, -0.15) is 0 Å². The van der Waals surface area contributed by atoms with Crippen molar-refractivity contribution >= 4 is 17.3 Å². The van der Waals surface area contributed by atoms with Gasteiger partial charge >= 0.3 is 5.97 Å². The van der Waals surface area contributed by atoms with Gasteiger partial charge in [-0.15, -0.1) is 11.3 Å². The zero-order valence-corrected chi connectivity index (χ0v) is 12.0. The minimum Gasteiger partial charge on any atom is -0.476 e. The summed E-state index contributed by atoms with van der Waals surface area (Å²) in [4.78, 5) is 18.5. The van der Waals surface area contributed by atoms with Gasteiger partial charge in [0.05, 0.1) is 9.88 Å². The highest BCUT2D eigenvalue weighted by Crippen LogP contribution is 2.25. The topological polar surface area (TPSA) is 53.4 Å². The van der Waals surface area contributed by atoms with Crippen LogP contribution in [0.25, 0.3) is 0 Å². The van der Waals surface area contributed by atoms with E-state index in [1.807, 2.05) is 6.92 Å². The van der Waals surface area contributed by atoms with E-state index in [1.54, 1.807) is 0 Å². The van der Waals surface area contributed by atoms with Gasteiger partial charge < -0.3 is 5.11 Å². The second-order valence-electron chi connectivity index (χ2n) is 5.45. The van der Waals surface area contributed by atoms with Crippen molar-refractivity contribution in [3.63, 3.8) is 0 Å². The fourth-order valence-corrected chi connectivity index (χ4v) is 3.84. The number of carbonyl (C=O) groups is 1. The second-order valence-corrected chi connectivity index (χ2v) is 6.74. The molecule has 0 aliphatic carbocycles. The molecule has 1 fully saturated rings. The Balaban J connectivity index is 2.11. The highest BCUT2D eigenvalue weighted by Gasteiger charge is 2.24. The Hall–Kier alpha value is -0.940. The number of carboxylic acids is 1. The van der Waals surface area contributed by atoms with Gasteiger partial charge in [0, 0.05) is 19.6 Å². The van der Waals surface area contributed by atoms with E-state index >= 15 is 0 Å². The molecule has 0 aromatic carbocycles. The van der Waals surface area contributed by atoms with Crippen molar-refractivity contribution in [1.29, 1.82) is 0 Å². The molecule has 2 atom stereocenters. The third kappa shape index (κ3) is 3.09. The third-order valence-corrected chi connectivity index (χ3v) is 4.27. The lowest BCUT2D eigenvalue weighted by Crippen LogP contribution is -2.38. The van der Waals surface area contributed by atoms with Gasteiger partial charge in [-0.3, -0.25) is 4.90 Å². The number of nitrogens with zero attached hydrogens (tertiary/aromatic N) is 2. The molecule has 0 saturated carbocycles. The van der Waals surface area contributed by atoms with Gasteiger partial charge in [0.1, 0.15) is 0 Å². The van der Waals surface area contributed by atoms with Crippen molar-refractivity contribution in [2.24, 2.45) is 11.8 Å². The molecule has 0 bridgehead atoms. The highest BCUT2D eigenvalue weighted by atomic mass is 32.1. The molecule has 2 heterocycles. The normalized spacial score (nSPS) is 25.3. The van der Waals surface area contributed by atoms with E-state index in [0.717, 1.165) is 29.5 Å². The Morgan fingerprint density at radius 1 is 1.44 bits per heavy atom. The van der Waals surface area contributed by atoms with Gasteiger partial charge in [0.15, 0.2) is 5.69 Å². The lowest BCUT2D eigenvalue weighted by Gasteiger charge is -2.34. The number of aryl methyl sites for hydroxylation is 1. The van der Waals surface area contributed by atoms with Crippen molar-refractivity contribution in [3.05, 3.63) is 15.6 Å². The summed E-state index contributed by atoms with van der Waals surface area (Å²) in [5.41, 5.74) is 0.239. The highest BCUT2D eigenvalue weighted by molar-refractivity contribution is 7.11. The Morgan fingerprint density at radius 2 is 2.06 bits per heavy atom. The van der Waals surface area contributed by atoms with Gasteiger partial charge in [0.25, 0.3) is 0 Å². The standard InChI is InChI=1S/C13H20N2O2S/c1-8-4-9(2)6-15(5-8)7-11-12(13(16)17)14-10(3)18-11/h8-9H,4-7H2,1-3H3,(H,16,17). The molecule has 1 N–H and O–H groups in total. The minimum absolute atomic E-state index is 0.239. The van der Waals surface area contributed by atoms with E-state index in [2.05, 4.69) is 23.7 Å². The summed E-state index contributed by atoms with van der Waals surface area (Å²) >= 11 is 1.51. The molecule has 1 aliphatic rings. The van der Waals surface area contributed by atoms with Crippen LogP contribution in [0, 0.1) is 18.8 Å². The number of hydrogen-bond donors (Lipinski definition) is 1. The smallest absolute Gasteiger partial charge is 0.355 e. The Labute approximate surface area is 112 Å². The van der Waals surface area contributed by atoms with E-state index in [4.69, 9.17) is 5.11 Å². The van der Waals surface area contributed by atoms with Gasteiger partial charge in [-0.25, -0.2) is 9.78 Å². The summed E-state index contributed by atoms with van der Waals surface area (Å²) in [5, 5.41) is 9.97. The SMILES string of the molecule is Cc1nc(C(=O)O)c(CN2CC(C)CC(C)C2)s1. The van der Waals surface area contributed by atoms with Crippen LogP contribution in [0.3, 0.4) is 0 Å². The molecule has 4 nitrogen and oxygen atoms in total. The van der Waals surface area contributed by atoms with Crippen LogP contribution in [0.4, 0.5) is 0 Å². The Kier molecular flexibility index (Phi) is 4.02. The molecule has 2 rings (SSSR count). The first-order chi connectivity index (χ1) is 8.45. The molecular weight excluding hydrogens is 248 g/mol. The monoisotopic (exact) mass is 268 g/mol. The lowest BCUT2D eigenvalue weighted by atomic mass is 9.92. The van der Waals surface area contributed by atoms with Gasteiger partial charge in [-0.05, 0) is 25.2 Å². The molecule has 0 amide bonds. The van der Waals surface area contributed by atoms with Crippen molar-refractivity contribution in [1.82, 2.24) is 9.88 Å². The molecular formula is C13H20N2O2S. The summed E-state index contributed by atoms with van der Waals surface area (Å²) in [7, 11) is 0. The summed E-state index contributed by atoms with van der Waals surface area (Å²) in [6.45, 7) is 9.22. The molecule has 0 spiro atoms. The number of aromatic carboxylic acids is 1. The second kappa shape index (κ2) is 5.36. The van der Waals surface area contributed by atoms with Gasteiger partial charge in [-0.1, -0.05) is 13.8 Å². The number of piperidine rings is 1. The van der Waals surface area contributed by atoms with Crippen LogP contribution in [-0.4, -0.2) is 34.0 Å². The Morgan fingerprint density at radius 3 is 2.61 bits per heavy atom. The third-order valence-electron chi connectivity index (χ3n) is 3.32. The van der Waals surface area contributed by atoms with Crippen molar-refractivity contribution in [2.45, 2.75) is 33.7 Å². The first-order valence-electron chi connectivity index (χ1n) is 6.37. The number of thiazole rings is 1. The summed E-state index contributed by atoms with van der Waals surface area (Å²) < 4.78 is 0. The van der Waals surface area contributed by atoms with Crippen LogP contribution in [-0.2, 0) is 6.54 Å². The lowest BCUT2D eigenvalue weighted by molar-refractivity contribution is 0.0687. The summed E-state index contributed by atoms with van der Waals surface area (Å²) in [6.07, 6.45) is 1.27. The predicted molar refractivity (Wildman–Crippen MR) is 72.0 cm³/mol. The maximum Gasteiger partial charge on any atom is 0.355 e. The summed E-state index contributed by atoms with van der Waals surface area (Å²) in [5.74, 6) is 0.472. The van der Waals surface area contributed by atoms with Crippen LogP contribution in [0.2, 0.25) is 0 Å². The predicted octanol–water partition coefficient (Wildman–Crippen LogP) is 2.63. The zero-order chi connectivity index (χ0) is 13.3. The van der Waals surface area contributed by atoms with Crippen molar-refractivity contribution in [3.8, 4) is 0 Å². The molecule has 1 aromatic rings. The van der Waals surface area contributed by atoms with E-state index in [1.165, 1.54) is 17.8 Å². The first-order valence-corrected chi connectivity index (χ1v) is 7.19. The van der Waals surface area contributed by atoms with E-state index in [0.29, 0.717) is 11.8 Å². The molecule has 18 heavy (non-hydrogen) atoms.